The van der Waals surface area contributed by atoms with Gasteiger partial charge in [-0.15, -0.1) is 0 Å². The van der Waals surface area contributed by atoms with Gasteiger partial charge in [0, 0.05) is 0 Å². The molecule has 0 fully saturated rings. The van der Waals surface area contributed by atoms with Crippen molar-refractivity contribution in [3.8, 4) is 28.3 Å². The molecular formula is C15H12FN3O2. The minimum atomic E-state index is -0.422. The summed E-state index contributed by atoms with van der Waals surface area (Å²) in [4.78, 5) is 4.00. The average Bonchev–Trinajstić information content (AvgIpc) is 2.90. The largest absolute Gasteiger partial charge is 0.497 e. The van der Waals surface area contributed by atoms with Crippen LogP contribution in [0.2, 0.25) is 0 Å². The monoisotopic (exact) mass is 285 g/mol. The van der Waals surface area contributed by atoms with Crippen molar-refractivity contribution in [3.05, 3.63) is 48.4 Å². The summed E-state index contributed by atoms with van der Waals surface area (Å²) in [5.41, 5.74) is 7.73. The quantitative estimate of drug-likeness (QED) is 0.800. The van der Waals surface area contributed by atoms with E-state index in [1.54, 1.807) is 7.11 Å². The van der Waals surface area contributed by atoms with Gasteiger partial charge in [0.05, 0.1) is 18.9 Å². The Bertz CT molecular complexity index is 769. The molecule has 2 N–H and O–H groups in total. The number of ether oxygens (including phenoxy) is 1. The zero-order chi connectivity index (χ0) is 14.8. The smallest absolute Gasteiger partial charge is 0.195 e. The lowest BCUT2D eigenvalue weighted by molar-refractivity contribution is 0.415. The lowest BCUT2D eigenvalue weighted by Gasteiger charge is -2.05. The summed E-state index contributed by atoms with van der Waals surface area (Å²) in [6, 6.07) is 10.1. The minimum Gasteiger partial charge on any atom is -0.497 e. The van der Waals surface area contributed by atoms with Gasteiger partial charge in [0.2, 0.25) is 0 Å². The number of rotatable bonds is 3. The molecule has 2 aromatic heterocycles. The van der Waals surface area contributed by atoms with Crippen LogP contribution in [0.3, 0.4) is 0 Å². The molecule has 5 nitrogen and oxygen atoms in total. The maximum absolute atomic E-state index is 13.0. The van der Waals surface area contributed by atoms with Crippen LogP contribution in [0.5, 0.6) is 5.75 Å². The summed E-state index contributed by atoms with van der Waals surface area (Å²) in [6.45, 7) is 0. The number of halogens is 1. The molecule has 3 rings (SSSR count). The van der Waals surface area contributed by atoms with Gasteiger partial charge in [-0.2, -0.15) is 0 Å². The van der Waals surface area contributed by atoms with E-state index in [4.69, 9.17) is 15.0 Å². The van der Waals surface area contributed by atoms with Gasteiger partial charge in [0.1, 0.15) is 17.3 Å². The zero-order valence-electron chi connectivity index (χ0n) is 11.2. The second kappa shape index (κ2) is 5.24. The minimum absolute atomic E-state index is 0.240. The van der Waals surface area contributed by atoms with Gasteiger partial charge in [0.25, 0.3) is 0 Å². The highest BCUT2D eigenvalue weighted by Gasteiger charge is 2.19. The van der Waals surface area contributed by atoms with Crippen LogP contribution in [0.15, 0.2) is 47.1 Å². The molecule has 0 atom stereocenters. The maximum atomic E-state index is 13.0. The number of hydrogen-bond acceptors (Lipinski definition) is 5. The van der Waals surface area contributed by atoms with E-state index < -0.39 is 5.82 Å². The third kappa shape index (κ3) is 2.43. The van der Waals surface area contributed by atoms with Gasteiger partial charge in [0.15, 0.2) is 11.6 Å². The summed E-state index contributed by atoms with van der Waals surface area (Å²) in [5.74, 6) is 0.894. The molecule has 21 heavy (non-hydrogen) atoms. The number of nitrogens with two attached hydrogens (primary N) is 1. The molecule has 0 aliphatic heterocycles. The molecule has 2 heterocycles. The van der Waals surface area contributed by atoms with E-state index in [2.05, 4.69) is 10.1 Å². The Morgan fingerprint density at radius 3 is 2.81 bits per heavy atom. The maximum Gasteiger partial charge on any atom is 0.195 e. The zero-order valence-corrected chi connectivity index (χ0v) is 11.2. The van der Waals surface area contributed by atoms with Gasteiger partial charge in [-0.1, -0.05) is 17.3 Å². The molecular weight excluding hydrogens is 273 g/mol. The van der Waals surface area contributed by atoms with Crippen LogP contribution in [0.4, 0.5) is 10.2 Å². The highest BCUT2D eigenvalue weighted by atomic mass is 19.1. The number of aromatic nitrogens is 2. The summed E-state index contributed by atoms with van der Waals surface area (Å²) in [5, 5.41) is 3.78. The van der Waals surface area contributed by atoms with Crippen molar-refractivity contribution in [2.75, 3.05) is 12.8 Å². The number of methoxy groups -OCH3 is 1. The van der Waals surface area contributed by atoms with Crippen molar-refractivity contribution in [3.63, 3.8) is 0 Å². The molecule has 0 bridgehead atoms. The number of nitrogens with zero attached hydrogens (tertiary/aromatic N) is 2. The molecule has 0 aliphatic carbocycles. The Labute approximate surface area is 120 Å². The summed E-state index contributed by atoms with van der Waals surface area (Å²) in [6.07, 6.45) is 1.11. The fourth-order valence-corrected chi connectivity index (χ4v) is 2.04. The lowest BCUT2D eigenvalue weighted by Crippen LogP contribution is -1.91. The Morgan fingerprint density at radius 2 is 2.10 bits per heavy atom. The lowest BCUT2D eigenvalue weighted by atomic mass is 10.0. The number of pyridine rings is 1. The Balaban J connectivity index is 2.14. The third-order valence-electron chi connectivity index (χ3n) is 3.04. The first-order valence-electron chi connectivity index (χ1n) is 6.20. The third-order valence-corrected chi connectivity index (χ3v) is 3.04. The molecule has 0 spiro atoms. The predicted octanol–water partition coefficient (Wildman–Crippen LogP) is 3.13. The van der Waals surface area contributed by atoms with E-state index in [-0.39, 0.29) is 5.82 Å². The predicted molar refractivity (Wildman–Crippen MR) is 76.1 cm³/mol. The summed E-state index contributed by atoms with van der Waals surface area (Å²) in [7, 11) is 1.58. The molecule has 0 amide bonds. The molecule has 0 radical (unpaired) electrons. The topological polar surface area (TPSA) is 74.2 Å². The molecule has 0 unspecified atom stereocenters. The van der Waals surface area contributed by atoms with Gasteiger partial charge in [-0.25, -0.2) is 9.37 Å². The van der Waals surface area contributed by atoms with Crippen LogP contribution in [-0.2, 0) is 0 Å². The molecule has 0 saturated heterocycles. The number of benzene rings is 1. The van der Waals surface area contributed by atoms with E-state index in [1.807, 2.05) is 24.3 Å². The van der Waals surface area contributed by atoms with Gasteiger partial charge in [-0.3, -0.25) is 0 Å². The van der Waals surface area contributed by atoms with E-state index in [1.165, 1.54) is 12.1 Å². The molecule has 1 aromatic carbocycles. The number of hydrogen-bond donors (Lipinski definition) is 1. The first kappa shape index (κ1) is 13.1. The average molecular weight is 285 g/mol. The summed E-state index contributed by atoms with van der Waals surface area (Å²) < 4.78 is 23.4. The van der Waals surface area contributed by atoms with Crippen molar-refractivity contribution in [1.82, 2.24) is 10.1 Å². The van der Waals surface area contributed by atoms with E-state index >= 15 is 0 Å². The van der Waals surface area contributed by atoms with Crippen LogP contribution < -0.4 is 10.5 Å². The van der Waals surface area contributed by atoms with Gasteiger partial charge >= 0.3 is 0 Å². The van der Waals surface area contributed by atoms with Crippen LogP contribution in [0.25, 0.3) is 22.6 Å². The molecule has 0 aliphatic rings. The first-order valence-corrected chi connectivity index (χ1v) is 6.20. The van der Waals surface area contributed by atoms with Crippen LogP contribution in [0.1, 0.15) is 0 Å². The van der Waals surface area contributed by atoms with Crippen molar-refractivity contribution >= 4 is 5.82 Å². The Morgan fingerprint density at radius 1 is 1.24 bits per heavy atom. The SMILES string of the molecule is COc1cccc(-c2c(N)noc2-c2ccc(F)cn2)c1. The Kier molecular flexibility index (Phi) is 3.27. The van der Waals surface area contributed by atoms with Crippen molar-refractivity contribution in [1.29, 1.82) is 0 Å². The fourth-order valence-electron chi connectivity index (χ4n) is 2.04. The van der Waals surface area contributed by atoms with Crippen molar-refractivity contribution in [2.24, 2.45) is 0 Å². The second-order valence-corrected chi connectivity index (χ2v) is 4.37. The van der Waals surface area contributed by atoms with Crippen molar-refractivity contribution in [2.45, 2.75) is 0 Å². The van der Waals surface area contributed by atoms with Gasteiger partial charge in [-0.05, 0) is 29.8 Å². The van der Waals surface area contributed by atoms with E-state index in [9.17, 15) is 4.39 Å². The molecule has 106 valence electrons. The fraction of sp³-hybridized carbons (Fsp3) is 0.0667. The van der Waals surface area contributed by atoms with Crippen LogP contribution >= 0.6 is 0 Å². The van der Waals surface area contributed by atoms with Crippen molar-refractivity contribution < 1.29 is 13.7 Å². The van der Waals surface area contributed by atoms with Crippen LogP contribution in [-0.4, -0.2) is 17.3 Å². The van der Waals surface area contributed by atoms with E-state index in [0.717, 1.165) is 11.8 Å². The normalized spacial score (nSPS) is 10.6. The first-order chi connectivity index (χ1) is 10.2. The molecule has 3 aromatic rings. The van der Waals surface area contributed by atoms with Crippen LogP contribution in [0, 0.1) is 5.82 Å². The Hall–Kier alpha value is -2.89. The van der Waals surface area contributed by atoms with E-state index in [0.29, 0.717) is 22.8 Å². The standard InChI is InChI=1S/C15H12FN3O2/c1-20-11-4-2-3-9(7-11)13-14(21-19-15(13)17)12-6-5-10(16)8-18-12/h2-8H,1H3,(H2,17,19). The molecule has 0 saturated carbocycles. The number of anilines is 1. The summed E-state index contributed by atoms with van der Waals surface area (Å²) >= 11 is 0. The second-order valence-electron chi connectivity index (χ2n) is 4.37. The van der Waals surface area contributed by atoms with Gasteiger partial charge < -0.3 is 15.0 Å². The highest BCUT2D eigenvalue weighted by molar-refractivity contribution is 5.85. The molecule has 6 heteroatoms. The highest BCUT2D eigenvalue weighted by Crippen LogP contribution is 2.36. The number of nitrogen functional groups attached to an aromatic ring is 1.